The van der Waals surface area contributed by atoms with Crippen LogP contribution in [0.1, 0.15) is 0 Å². The lowest BCUT2D eigenvalue weighted by Gasteiger charge is -2.10. The van der Waals surface area contributed by atoms with Crippen LogP contribution in [0.15, 0.2) is 200 Å². The number of hydrogen-bond donors (Lipinski definition) is 0. The van der Waals surface area contributed by atoms with E-state index in [0.717, 1.165) is 49.5 Å². The van der Waals surface area contributed by atoms with Gasteiger partial charge in [-0.3, -0.25) is 0 Å². The van der Waals surface area contributed by atoms with Crippen molar-refractivity contribution >= 4 is 53.4 Å². The third kappa shape index (κ3) is 5.42. The van der Waals surface area contributed by atoms with Crippen molar-refractivity contribution in [2.24, 2.45) is 0 Å². The molecule has 0 aliphatic rings. The number of benzene rings is 8. The molecule has 0 aliphatic heterocycles. The van der Waals surface area contributed by atoms with Crippen LogP contribution in [0.25, 0.3) is 104 Å². The Morgan fingerprint density at radius 1 is 0.393 bits per heavy atom. The molecule has 0 saturated carbocycles. The SMILES string of the molecule is c1ccc(-c2cccc(-c3nc(-c4ccccc4)nc4c3sc3ccc(-c5cccc(-c6cccc7c6c6ccccc6n7-c6ccccc6)c5)cc34)c2)cc1. The highest BCUT2D eigenvalue weighted by atomic mass is 32.1. The minimum atomic E-state index is 0.730. The van der Waals surface area contributed by atoms with Gasteiger partial charge >= 0.3 is 0 Å². The summed E-state index contributed by atoms with van der Waals surface area (Å²) in [5, 5.41) is 3.65. The minimum absolute atomic E-state index is 0.730. The highest BCUT2D eigenvalue weighted by Crippen LogP contribution is 2.43. The van der Waals surface area contributed by atoms with E-state index in [4.69, 9.17) is 9.97 Å². The first-order valence-corrected chi connectivity index (χ1v) is 19.7. The molecule has 0 bridgehead atoms. The Balaban J connectivity index is 1.07. The van der Waals surface area contributed by atoms with Crippen molar-refractivity contribution < 1.29 is 0 Å². The third-order valence-corrected chi connectivity index (χ3v) is 12.0. The predicted octanol–water partition coefficient (Wildman–Crippen LogP) is 14.3. The molecule has 3 aromatic heterocycles. The largest absolute Gasteiger partial charge is 0.309 e. The van der Waals surface area contributed by atoms with Gasteiger partial charge in [-0.2, -0.15) is 0 Å². The predicted molar refractivity (Wildman–Crippen MR) is 236 cm³/mol. The molecule has 3 nitrogen and oxygen atoms in total. The van der Waals surface area contributed by atoms with E-state index in [1.807, 2.05) is 6.07 Å². The number of nitrogens with zero attached hydrogens (tertiary/aromatic N) is 3. The summed E-state index contributed by atoms with van der Waals surface area (Å²) in [5.74, 6) is 0.730. The summed E-state index contributed by atoms with van der Waals surface area (Å²) in [6.07, 6.45) is 0. The fraction of sp³-hybridized carbons (Fsp3) is 0. The van der Waals surface area contributed by atoms with E-state index in [2.05, 4.69) is 199 Å². The number of para-hydroxylation sites is 2. The lowest BCUT2D eigenvalue weighted by molar-refractivity contribution is 1.18. The second-order valence-electron chi connectivity index (χ2n) is 14.2. The van der Waals surface area contributed by atoms with E-state index in [9.17, 15) is 0 Å². The molecule has 0 amide bonds. The second kappa shape index (κ2) is 13.3. The van der Waals surface area contributed by atoms with Gasteiger partial charge in [0.2, 0.25) is 0 Å². The van der Waals surface area contributed by atoms with Crippen LogP contribution in [0.4, 0.5) is 0 Å². The summed E-state index contributed by atoms with van der Waals surface area (Å²) in [6.45, 7) is 0. The summed E-state index contributed by atoms with van der Waals surface area (Å²) < 4.78 is 4.67. The van der Waals surface area contributed by atoms with Crippen LogP contribution in [0.3, 0.4) is 0 Å². The molecule has 8 aromatic carbocycles. The van der Waals surface area contributed by atoms with Gasteiger partial charge in [-0.25, -0.2) is 9.97 Å². The fourth-order valence-corrected chi connectivity index (χ4v) is 9.33. The van der Waals surface area contributed by atoms with Gasteiger partial charge in [0.1, 0.15) is 0 Å². The van der Waals surface area contributed by atoms with Crippen LogP contribution in [-0.4, -0.2) is 14.5 Å². The quantitative estimate of drug-likeness (QED) is 0.170. The molecule has 0 N–H and O–H groups in total. The Bertz CT molecular complexity index is 3240. The topological polar surface area (TPSA) is 30.7 Å². The Labute approximate surface area is 328 Å². The second-order valence-corrected chi connectivity index (χ2v) is 15.2. The Morgan fingerprint density at radius 2 is 0.982 bits per heavy atom. The molecule has 4 heteroatoms. The monoisotopic (exact) mass is 731 g/mol. The molecule has 0 atom stereocenters. The van der Waals surface area contributed by atoms with Gasteiger partial charge in [0.25, 0.3) is 0 Å². The number of aromatic nitrogens is 3. The van der Waals surface area contributed by atoms with Gasteiger partial charge in [-0.1, -0.05) is 152 Å². The van der Waals surface area contributed by atoms with Crippen molar-refractivity contribution in [1.82, 2.24) is 14.5 Å². The van der Waals surface area contributed by atoms with E-state index >= 15 is 0 Å². The molecule has 262 valence electrons. The van der Waals surface area contributed by atoms with Crippen molar-refractivity contribution in [2.75, 3.05) is 0 Å². The van der Waals surface area contributed by atoms with Crippen molar-refractivity contribution in [3.05, 3.63) is 200 Å². The van der Waals surface area contributed by atoms with E-state index in [-0.39, 0.29) is 0 Å². The standard InChI is InChI=1S/C52H33N3S/c1-4-15-34(16-5-1)36-19-13-22-40(32-36)49-51-50(54-52(53-49)35-17-6-2-7-18-35)44-33-38(29-30-47(44)56-51)37-20-12-21-39(31-37)42-26-14-28-46-48(42)43-25-10-11-27-45(43)55(46)41-23-8-3-9-24-41/h1-33H. The molecular formula is C52H33N3S. The van der Waals surface area contributed by atoms with Gasteiger partial charge in [-0.05, 0) is 81.9 Å². The van der Waals surface area contributed by atoms with Crippen LogP contribution in [0, 0.1) is 0 Å². The highest BCUT2D eigenvalue weighted by Gasteiger charge is 2.19. The lowest BCUT2D eigenvalue weighted by atomic mass is 9.95. The normalized spacial score (nSPS) is 11.6. The first kappa shape index (κ1) is 32.3. The summed E-state index contributed by atoms with van der Waals surface area (Å²) >= 11 is 1.77. The number of fused-ring (bicyclic) bond motifs is 6. The molecule has 0 unspecified atom stereocenters. The van der Waals surface area contributed by atoms with Crippen LogP contribution in [-0.2, 0) is 0 Å². The average molecular weight is 732 g/mol. The van der Waals surface area contributed by atoms with E-state index < -0.39 is 0 Å². The van der Waals surface area contributed by atoms with Crippen LogP contribution in [0.2, 0.25) is 0 Å². The zero-order valence-electron chi connectivity index (χ0n) is 30.3. The van der Waals surface area contributed by atoms with Crippen LogP contribution in [0.5, 0.6) is 0 Å². The van der Waals surface area contributed by atoms with Gasteiger partial charge in [0.15, 0.2) is 5.82 Å². The van der Waals surface area contributed by atoms with Crippen molar-refractivity contribution in [3.63, 3.8) is 0 Å². The molecule has 0 aliphatic carbocycles. The molecule has 0 saturated heterocycles. The molecule has 3 heterocycles. The molecule has 0 spiro atoms. The van der Waals surface area contributed by atoms with Gasteiger partial charge < -0.3 is 4.57 Å². The van der Waals surface area contributed by atoms with E-state index in [0.29, 0.717) is 0 Å². The van der Waals surface area contributed by atoms with Crippen LogP contribution >= 0.6 is 11.3 Å². The number of rotatable bonds is 6. The molecular weight excluding hydrogens is 699 g/mol. The number of thiophene rings is 1. The number of hydrogen-bond acceptors (Lipinski definition) is 3. The summed E-state index contributed by atoms with van der Waals surface area (Å²) in [6, 6.07) is 71.5. The summed E-state index contributed by atoms with van der Waals surface area (Å²) in [4.78, 5) is 10.5. The van der Waals surface area contributed by atoms with Crippen molar-refractivity contribution in [3.8, 4) is 61.7 Å². The highest BCUT2D eigenvalue weighted by molar-refractivity contribution is 7.26. The molecule has 0 radical (unpaired) electrons. The van der Waals surface area contributed by atoms with Gasteiger partial charge in [0.05, 0.1) is 26.9 Å². The Kier molecular flexibility index (Phi) is 7.68. The summed E-state index contributed by atoms with van der Waals surface area (Å²) in [7, 11) is 0. The maximum atomic E-state index is 5.29. The van der Waals surface area contributed by atoms with Gasteiger partial charge in [0, 0.05) is 37.7 Å². The lowest BCUT2D eigenvalue weighted by Crippen LogP contribution is -1.93. The molecule has 11 rings (SSSR count). The van der Waals surface area contributed by atoms with E-state index in [1.54, 1.807) is 11.3 Å². The van der Waals surface area contributed by atoms with E-state index in [1.165, 1.54) is 54.3 Å². The van der Waals surface area contributed by atoms with Crippen LogP contribution < -0.4 is 0 Å². The minimum Gasteiger partial charge on any atom is -0.309 e. The smallest absolute Gasteiger partial charge is 0.160 e. The average Bonchev–Trinajstić information content (AvgIpc) is 3.82. The van der Waals surface area contributed by atoms with Gasteiger partial charge in [-0.15, -0.1) is 11.3 Å². The molecule has 11 aromatic rings. The van der Waals surface area contributed by atoms with Crippen molar-refractivity contribution in [1.29, 1.82) is 0 Å². The van der Waals surface area contributed by atoms with Crippen molar-refractivity contribution in [2.45, 2.75) is 0 Å². The first-order chi connectivity index (χ1) is 27.8. The summed E-state index contributed by atoms with van der Waals surface area (Å²) in [5.41, 5.74) is 14.7. The fourth-order valence-electron chi connectivity index (χ4n) is 8.19. The third-order valence-electron chi connectivity index (χ3n) is 10.8. The maximum Gasteiger partial charge on any atom is 0.160 e. The molecule has 0 fully saturated rings. The zero-order valence-corrected chi connectivity index (χ0v) is 31.1. The zero-order chi connectivity index (χ0) is 37.0. The first-order valence-electron chi connectivity index (χ1n) is 18.9. The molecule has 56 heavy (non-hydrogen) atoms. The Hall–Kier alpha value is -7.14. The maximum absolute atomic E-state index is 5.29. The Morgan fingerprint density at radius 3 is 1.79 bits per heavy atom.